The molecule has 0 spiro atoms. The lowest BCUT2D eigenvalue weighted by Gasteiger charge is -2.07. The monoisotopic (exact) mass is 150 g/mol. The van der Waals surface area contributed by atoms with Gasteiger partial charge in [-0.2, -0.15) is 0 Å². The van der Waals surface area contributed by atoms with Crippen molar-refractivity contribution in [2.24, 2.45) is 0 Å². The predicted octanol–water partition coefficient (Wildman–Crippen LogP) is 0.889. The third-order valence-corrected chi connectivity index (χ3v) is 1.45. The van der Waals surface area contributed by atoms with Gasteiger partial charge in [-0.1, -0.05) is 6.07 Å². The number of carbonyl (C=O) groups excluding carboxylic acids is 1. The van der Waals surface area contributed by atoms with Crippen molar-refractivity contribution in [3.63, 3.8) is 0 Å². The van der Waals surface area contributed by atoms with Gasteiger partial charge in [0.25, 0.3) is 0 Å². The number of carbonyl (C=O) groups is 1. The average Bonchev–Trinajstić information content (AvgIpc) is 2.07. The topological polar surface area (TPSA) is 42.0 Å². The number of rotatable bonds is 3. The molecule has 1 amide bonds. The molecule has 1 aromatic heterocycles. The summed E-state index contributed by atoms with van der Waals surface area (Å²) in [6.07, 6.45) is 2.39. The second-order valence-electron chi connectivity index (χ2n) is 2.26. The smallest absolute Gasteiger partial charge is 0.207 e. The highest BCUT2D eigenvalue weighted by Gasteiger charge is 2.01. The zero-order chi connectivity index (χ0) is 8.10. The first-order valence-corrected chi connectivity index (χ1v) is 3.45. The fourth-order valence-electron chi connectivity index (χ4n) is 0.820. The fraction of sp³-hybridized carbons (Fsp3) is 0.250. The van der Waals surface area contributed by atoms with Crippen LogP contribution in [0, 0.1) is 0 Å². The fourth-order valence-corrected chi connectivity index (χ4v) is 0.820. The van der Waals surface area contributed by atoms with E-state index in [0.29, 0.717) is 6.41 Å². The van der Waals surface area contributed by atoms with Crippen LogP contribution in [0.4, 0.5) is 0 Å². The number of hydrogen-bond donors (Lipinski definition) is 1. The maximum absolute atomic E-state index is 10.0. The minimum absolute atomic E-state index is 0.00583. The van der Waals surface area contributed by atoms with Crippen LogP contribution in [0.25, 0.3) is 0 Å². The standard InChI is InChI=1S/C8H10N2O/c1-7(10-6-11)8-4-2-3-5-9-8/h2-7H,1H3,(H,10,11)/t7-/m0/s1. The minimum atomic E-state index is -0.00583. The second kappa shape index (κ2) is 3.71. The lowest BCUT2D eigenvalue weighted by Crippen LogP contribution is -2.16. The van der Waals surface area contributed by atoms with Crippen molar-refractivity contribution in [3.8, 4) is 0 Å². The molecule has 58 valence electrons. The SMILES string of the molecule is C[C@H](NC=O)c1ccccn1. The summed E-state index contributed by atoms with van der Waals surface area (Å²) in [6.45, 7) is 1.89. The van der Waals surface area contributed by atoms with Crippen molar-refractivity contribution in [3.05, 3.63) is 30.1 Å². The summed E-state index contributed by atoms with van der Waals surface area (Å²) in [6, 6.07) is 5.61. The number of hydrogen-bond acceptors (Lipinski definition) is 2. The molecular formula is C8H10N2O. The van der Waals surface area contributed by atoms with Gasteiger partial charge >= 0.3 is 0 Å². The van der Waals surface area contributed by atoms with Crippen molar-refractivity contribution in [1.82, 2.24) is 10.3 Å². The number of aromatic nitrogens is 1. The van der Waals surface area contributed by atoms with E-state index in [1.54, 1.807) is 6.20 Å². The molecule has 0 aromatic carbocycles. The molecule has 11 heavy (non-hydrogen) atoms. The summed E-state index contributed by atoms with van der Waals surface area (Å²) in [7, 11) is 0. The highest BCUT2D eigenvalue weighted by molar-refractivity contribution is 5.47. The zero-order valence-corrected chi connectivity index (χ0v) is 6.32. The zero-order valence-electron chi connectivity index (χ0n) is 6.32. The maximum atomic E-state index is 10.0. The van der Waals surface area contributed by atoms with Gasteiger partial charge in [0.2, 0.25) is 6.41 Å². The Morgan fingerprint density at radius 3 is 3.00 bits per heavy atom. The molecule has 0 saturated heterocycles. The van der Waals surface area contributed by atoms with Crippen LogP contribution in [0.2, 0.25) is 0 Å². The molecule has 0 aliphatic carbocycles. The van der Waals surface area contributed by atoms with E-state index in [9.17, 15) is 4.79 Å². The number of pyridine rings is 1. The van der Waals surface area contributed by atoms with E-state index in [2.05, 4.69) is 10.3 Å². The van der Waals surface area contributed by atoms with Gasteiger partial charge in [0.15, 0.2) is 0 Å². The first-order chi connectivity index (χ1) is 5.34. The van der Waals surface area contributed by atoms with Crippen LogP contribution in [-0.4, -0.2) is 11.4 Å². The van der Waals surface area contributed by atoms with Crippen LogP contribution in [0.3, 0.4) is 0 Å². The van der Waals surface area contributed by atoms with Crippen molar-refractivity contribution < 1.29 is 4.79 Å². The summed E-state index contributed by atoms with van der Waals surface area (Å²) in [5, 5.41) is 2.62. The third kappa shape index (κ3) is 2.04. The van der Waals surface area contributed by atoms with Crippen molar-refractivity contribution in [1.29, 1.82) is 0 Å². The molecule has 0 aliphatic heterocycles. The Labute approximate surface area is 65.5 Å². The molecule has 3 heteroatoms. The van der Waals surface area contributed by atoms with Gasteiger partial charge in [-0.25, -0.2) is 0 Å². The molecule has 0 aliphatic rings. The Morgan fingerprint density at radius 1 is 1.64 bits per heavy atom. The maximum Gasteiger partial charge on any atom is 0.207 e. The van der Waals surface area contributed by atoms with Crippen LogP contribution < -0.4 is 5.32 Å². The van der Waals surface area contributed by atoms with Gasteiger partial charge in [0.05, 0.1) is 11.7 Å². The minimum Gasteiger partial charge on any atom is -0.351 e. The van der Waals surface area contributed by atoms with Crippen LogP contribution in [0.1, 0.15) is 18.7 Å². The second-order valence-corrected chi connectivity index (χ2v) is 2.26. The molecule has 1 N–H and O–H groups in total. The first kappa shape index (κ1) is 7.72. The number of amides is 1. The van der Waals surface area contributed by atoms with E-state index in [-0.39, 0.29) is 6.04 Å². The van der Waals surface area contributed by atoms with Gasteiger partial charge in [0, 0.05) is 6.20 Å². The summed E-state index contributed by atoms with van der Waals surface area (Å²) in [5.41, 5.74) is 0.875. The Kier molecular flexibility index (Phi) is 2.60. The summed E-state index contributed by atoms with van der Waals surface area (Å²) in [4.78, 5) is 14.1. The molecule has 3 nitrogen and oxygen atoms in total. The highest BCUT2D eigenvalue weighted by Crippen LogP contribution is 2.05. The van der Waals surface area contributed by atoms with Gasteiger partial charge in [-0.15, -0.1) is 0 Å². The largest absolute Gasteiger partial charge is 0.351 e. The molecule has 1 heterocycles. The van der Waals surface area contributed by atoms with Crippen molar-refractivity contribution in [2.75, 3.05) is 0 Å². The van der Waals surface area contributed by atoms with Gasteiger partial charge in [-0.3, -0.25) is 9.78 Å². The van der Waals surface area contributed by atoms with Crippen molar-refractivity contribution in [2.45, 2.75) is 13.0 Å². The Hall–Kier alpha value is -1.38. The van der Waals surface area contributed by atoms with E-state index in [1.807, 2.05) is 25.1 Å². The Morgan fingerprint density at radius 2 is 2.45 bits per heavy atom. The van der Waals surface area contributed by atoms with Crippen LogP contribution in [0.15, 0.2) is 24.4 Å². The molecule has 1 aromatic rings. The van der Waals surface area contributed by atoms with Gasteiger partial charge < -0.3 is 5.32 Å². The summed E-state index contributed by atoms with van der Waals surface area (Å²) < 4.78 is 0. The molecule has 0 fully saturated rings. The lowest BCUT2D eigenvalue weighted by atomic mass is 10.2. The molecule has 0 bridgehead atoms. The van der Waals surface area contributed by atoms with Crippen molar-refractivity contribution >= 4 is 6.41 Å². The molecular weight excluding hydrogens is 140 g/mol. The Bertz CT molecular complexity index is 223. The number of nitrogens with one attached hydrogen (secondary N) is 1. The molecule has 1 atom stereocenters. The predicted molar refractivity (Wildman–Crippen MR) is 41.9 cm³/mol. The van der Waals surface area contributed by atoms with Gasteiger partial charge in [0.1, 0.15) is 0 Å². The van der Waals surface area contributed by atoms with E-state index < -0.39 is 0 Å². The molecule has 0 radical (unpaired) electrons. The number of nitrogens with zero attached hydrogens (tertiary/aromatic N) is 1. The average molecular weight is 150 g/mol. The van der Waals surface area contributed by atoms with Gasteiger partial charge in [-0.05, 0) is 19.1 Å². The van der Waals surface area contributed by atoms with E-state index >= 15 is 0 Å². The van der Waals surface area contributed by atoms with Crippen LogP contribution in [0.5, 0.6) is 0 Å². The normalized spacial score (nSPS) is 12.1. The quantitative estimate of drug-likeness (QED) is 0.650. The lowest BCUT2D eigenvalue weighted by molar-refractivity contribution is -0.110. The van der Waals surface area contributed by atoms with E-state index in [4.69, 9.17) is 0 Å². The van der Waals surface area contributed by atoms with Crippen LogP contribution in [-0.2, 0) is 4.79 Å². The summed E-state index contributed by atoms with van der Waals surface area (Å²) in [5.74, 6) is 0. The molecule has 1 rings (SSSR count). The highest BCUT2D eigenvalue weighted by atomic mass is 16.1. The third-order valence-electron chi connectivity index (χ3n) is 1.45. The molecule has 0 saturated carbocycles. The van der Waals surface area contributed by atoms with E-state index in [1.165, 1.54) is 0 Å². The van der Waals surface area contributed by atoms with Crippen LogP contribution >= 0.6 is 0 Å². The summed E-state index contributed by atoms with van der Waals surface area (Å²) >= 11 is 0. The van der Waals surface area contributed by atoms with E-state index in [0.717, 1.165) is 5.69 Å². The Balaban J connectivity index is 2.68. The molecule has 0 unspecified atom stereocenters. The first-order valence-electron chi connectivity index (χ1n) is 3.45.